The number of hydrogen-bond donors (Lipinski definition) is 3. The van der Waals surface area contributed by atoms with E-state index in [0.29, 0.717) is 16.3 Å². The Kier molecular flexibility index (Phi) is 4.96. The molecule has 0 atom stereocenters. The maximum atomic E-state index is 12.3. The highest BCUT2D eigenvalue weighted by Gasteiger charge is 2.20. The van der Waals surface area contributed by atoms with Crippen molar-refractivity contribution in [3.63, 3.8) is 0 Å². The summed E-state index contributed by atoms with van der Waals surface area (Å²) in [6.07, 6.45) is 2.03. The van der Waals surface area contributed by atoms with Crippen molar-refractivity contribution in [2.45, 2.75) is 12.8 Å². The van der Waals surface area contributed by atoms with E-state index in [2.05, 4.69) is 10.5 Å². The third kappa shape index (κ3) is 3.54. The van der Waals surface area contributed by atoms with Gasteiger partial charge in [0.15, 0.2) is 5.84 Å². The Morgan fingerprint density at radius 1 is 1.45 bits per heavy atom. The smallest absolute Gasteiger partial charge is 0.253 e. The normalized spacial score (nSPS) is 14.5. The zero-order chi connectivity index (χ0) is 16.1. The fraction of sp³-hybridized carbons (Fsp3) is 0.286. The quantitative estimate of drug-likeness (QED) is 0.445. The molecule has 0 aromatic heterocycles. The van der Waals surface area contributed by atoms with Crippen molar-refractivity contribution < 1.29 is 4.79 Å². The molecule has 0 saturated carbocycles. The van der Waals surface area contributed by atoms with Crippen molar-refractivity contribution in [1.29, 1.82) is 10.7 Å². The lowest BCUT2D eigenvalue weighted by molar-refractivity contribution is 0.0793. The number of nitrogens with zero attached hydrogens (tertiary/aromatic N) is 3. The van der Waals surface area contributed by atoms with Crippen LogP contribution in [-0.4, -0.2) is 35.4 Å². The first kappa shape index (κ1) is 15.8. The van der Waals surface area contributed by atoms with Crippen LogP contribution in [0.5, 0.6) is 0 Å². The van der Waals surface area contributed by atoms with Crippen molar-refractivity contribution in [3.8, 4) is 6.07 Å². The Morgan fingerprint density at radius 2 is 2.14 bits per heavy atom. The monoisotopic (exact) mass is 318 g/mol. The predicted octanol–water partition coefficient (Wildman–Crippen LogP) is 1.80. The highest BCUT2D eigenvalue weighted by Crippen LogP contribution is 2.24. The van der Waals surface area contributed by atoms with Gasteiger partial charge in [0.2, 0.25) is 5.71 Å². The first-order valence-corrected chi connectivity index (χ1v) is 7.07. The second kappa shape index (κ2) is 6.91. The van der Waals surface area contributed by atoms with Gasteiger partial charge in [-0.3, -0.25) is 15.6 Å². The molecule has 1 aliphatic heterocycles. The molecule has 2 rings (SSSR count). The number of halogens is 1. The summed E-state index contributed by atoms with van der Waals surface area (Å²) in [6, 6.07) is 6.50. The van der Waals surface area contributed by atoms with Gasteiger partial charge in [-0.15, -0.1) is 0 Å². The second-order valence-electron chi connectivity index (χ2n) is 4.79. The average molecular weight is 319 g/mol. The molecule has 1 fully saturated rings. The number of carbonyl (C=O) groups excluding carboxylic acids is 1. The lowest BCUT2D eigenvalue weighted by Gasteiger charge is -2.16. The number of carbonyl (C=O) groups is 1. The third-order valence-electron chi connectivity index (χ3n) is 3.26. The molecule has 114 valence electrons. The van der Waals surface area contributed by atoms with Crippen LogP contribution in [-0.2, 0) is 0 Å². The number of nitrogens with one attached hydrogen (secondary N) is 2. The lowest BCUT2D eigenvalue weighted by Crippen LogP contribution is -2.27. The Bertz CT molecular complexity index is 672. The Morgan fingerprint density at radius 3 is 2.73 bits per heavy atom. The molecule has 0 spiro atoms. The number of hydrogen-bond acceptors (Lipinski definition) is 5. The molecule has 4 N–H and O–H groups in total. The summed E-state index contributed by atoms with van der Waals surface area (Å²) >= 11 is 6.04. The molecule has 1 aromatic carbocycles. The first-order valence-electron chi connectivity index (χ1n) is 6.70. The summed E-state index contributed by atoms with van der Waals surface area (Å²) in [7, 11) is 0. The number of amides is 1. The van der Waals surface area contributed by atoms with Crippen molar-refractivity contribution in [2.24, 2.45) is 10.8 Å². The van der Waals surface area contributed by atoms with Gasteiger partial charge in [0.25, 0.3) is 5.91 Å². The van der Waals surface area contributed by atoms with Gasteiger partial charge in [0.1, 0.15) is 6.07 Å². The number of hydrazone groups is 1. The first-order chi connectivity index (χ1) is 10.5. The zero-order valence-corrected chi connectivity index (χ0v) is 12.5. The van der Waals surface area contributed by atoms with E-state index in [-0.39, 0.29) is 11.6 Å². The molecule has 0 aliphatic carbocycles. The van der Waals surface area contributed by atoms with Gasteiger partial charge in [-0.25, -0.2) is 0 Å². The Hall–Kier alpha value is -2.59. The number of amidine groups is 1. The second-order valence-corrected chi connectivity index (χ2v) is 5.20. The van der Waals surface area contributed by atoms with Gasteiger partial charge in [-0.05, 0) is 31.0 Å². The SMILES string of the molecule is N#C/C(=N\Nc1cc(C(=O)N2CCCC2)ccc1Cl)C(=N)N. The number of rotatable bonds is 4. The van der Waals surface area contributed by atoms with Crippen LogP contribution in [0.1, 0.15) is 23.2 Å². The largest absolute Gasteiger partial charge is 0.382 e. The van der Waals surface area contributed by atoms with Crippen LogP contribution in [0, 0.1) is 16.7 Å². The van der Waals surface area contributed by atoms with Crippen LogP contribution in [0.2, 0.25) is 5.02 Å². The topological polar surface area (TPSA) is 118 Å². The van der Waals surface area contributed by atoms with Gasteiger partial charge in [-0.2, -0.15) is 10.4 Å². The van der Waals surface area contributed by atoms with E-state index in [1.165, 1.54) is 0 Å². The minimum absolute atomic E-state index is 0.0618. The number of likely N-dealkylation sites (tertiary alicyclic amines) is 1. The van der Waals surface area contributed by atoms with Crippen LogP contribution in [0.15, 0.2) is 23.3 Å². The van der Waals surface area contributed by atoms with Crippen LogP contribution in [0.25, 0.3) is 0 Å². The molecular weight excluding hydrogens is 304 g/mol. The van der Waals surface area contributed by atoms with Gasteiger partial charge in [-0.1, -0.05) is 11.6 Å². The van der Waals surface area contributed by atoms with Crippen LogP contribution in [0.4, 0.5) is 5.69 Å². The molecule has 0 unspecified atom stereocenters. The summed E-state index contributed by atoms with van der Waals surface area (Å²) in [5.41, 5.74) is 8.39. The number of nitrogens with two attached hydrogens (primary N) is 1. The van der Waals surface area contributed by atoms with E-state index in [1.54, 1.807) is 29.2 Å². The number of anilines is 1. The molecule has 7 nitrogen and oxygen atoms in total. The molecule has 1 amide bonds. The maximum Gasteiger partial charge on any atom is 0.253 e. The Balaban J connectivity index is 2.22. The van der Waals surface area contributed by atoms with E-state index in [4.69, 9.17) is 28.0 Å². The average Bonchev–Trinajstić information content (AvgIpc) is 3.02. The van der Waals surface area contributed by atoms with E-state index in [0.717, 1.165) is 25.9 Å². The molecule has 1 saturated heterocycles. The zero-order valence-electron chi connectivity index (χ0n) is 11.8. The summed E-state index contributed by atoms with van der Waals surface area (Å²) < 4.78 is 0. The van der Waals surface area contributed by atoms with Crippen molar-refractivity contribution in [1.82, 2.24) is 4.90 Å². The minimum Gasteiger partial charge on any atom is -0.382 e. The van der Waals surface area contributed by atoms with Crippen molar-refractivity contribution in [3.05, 3.63) is 28.8 Å². The highest BCUT2D eigenvalue weighted by atomic mass is 35.5. The third-order valence-corrected chi connectivity index (χ3v) is 3.59. The summed E-state index contributed by atoms with van der Waals surface area (Å²) in [5, 5.41) is 20.0. The van der Waals surface area contributed by atoms with Gasteiger partial charge < -0.3 is 10.6 Å². The molecular formula is C14H15ClN6O. The van der Waals surface area contributed by atoms with Crippen LogP contribution in [0.3, 0.4) is 0 Å². The van der Waals surface area contributed by atoms with Crippen molar-refractivity contribution in [2.75, 3.05) is 18.5 Å². The van der Waals surface area contributed by atoms with E-state index < -0.39 is 5.84 Å². The molecule has 1 aliphatic rings. The van der Waals surface area contributed by atoms with E-state index in [1.807, 2.05) is 0 Å². The molecule has 1 heterocycles. The molecule has 0 bridgehead atoms. The van der Waals surface area contributed by atoms with E-state index >= 15 is 0 Å². The Labute approximate surface area is 132 Å². The van der Waals surface area contributed by atoms with Crippen LogP contribution < -0.4 is 11.2 Å². The number of benzene rings is 1. The summed E-state index contributed by atoms with van der Waals surface area (Å²) in [5.74, 6) is -0.510. The van der Waals surface area contributed by atoms with Crippen molar-refractivity contribution >= 4 is 34.7 Å². The van der Waals surface area contributed by atoms with Gasteiger partial charge >= 0.3 is 0 Å². The van der Waals surface area contributed by atoms with Crippen LogP contribution >= 0.6 is 11.6 Å². The predicted molar refractivity (Wildman–Crippen MR) is 85.2 cm³/mol. The van der Waals surface area contributed by atoms with E-state index in [9.17, 15) is 4.79 Å². The fourth-order valence-electron chi connectivity index (χ4n) is 2.11. The molecule has 22 heavy (non-hydrogen) atoms. The highest BCUT2D eigenvalue weighted by molar-refractivity contribution is 6.46. The molecule has 1 aromatic rings. The lowest BCUT2D eigenvalue weighted by atomic mass is 10.2. The standard InChI is InChI=1S/C14H15ClN6O/c15-10-4-3-9(14(22)21-5-1-2-6-21)7-11(10)19-20-12(8-16)13(17)18/h3-4,7,19H,1-2,5-6H2,(H3,17,18)/b20-12+. The molecule has 0 radical (unpaired) electrons. The number of nitriles is 1. The fourth-order valence-corrected chi connectivity index (χ4v) is 2.27. The summed E-state index contributed by atoms with van der Waals surface area (Å²) in [4.78, 5) is 14.1. The minimum atomic E-state index is -0.449. The van der Waals surface area contributed by atoms with Gasteiger partial charge in [0.05, 0.1) is 10.7 Å². The maximum absolute atomic E-state index is 12.3. The van der Waals surface area contributed by atoms with Gasteiger partial charge in [0, 0.05) is 18.7 Å². The molecule has 8 heteroatoms. The summed E-state index contributed by atoms with van der Waals surface area (Å²) in [6.45, 7) is 1.51.